The zero-order valence-electron chi connectivity index (χ0n) is 7.06. The van der Waals surface area contributed by atoms with Gasteiger partial charge in [-0.25, -0.2) is 9.78 Å². The molecule has 1 aromatic rings. The highest BCUT2D eigenvalue weighted by Gasteiger charge is 2.19. The minimum atomic E-state index is -0.697. The Labute approximate surface area is 92.2 Å². The van der Waals surface area contributed by atoms with Crippen LogP contribution in [0.15, 0.2) is 10.5 Å². The minimum absolute atomic E-state index is 0.0441. The number of thiazole rings is 1. The lowest BCUT2D eigenvalue weighted by Crippen LogP contribution is -2.16. The number of anilines is 1. The number of carbonyl (C=O) groups excluding carboxylic acids is 1. The monoisotopic (exact) mass is 279 g/mol. The van der Waals surface area contributed by atoms with Crippen LogP contribution >= 0.6 is 27.6 Å². The van der Waals surface area contributed by atoms with E-state index in [2.05, 4.69) is 35.1 Å². The first-order valence-electron chi connectivity index (χ1n) is 3.34. The van der Waals surface area contributed by atoms with E-state index in [4.69, 9.17) is 5.73 Å². The maximum absolute atomic E-state index is 11.2. The van der Waals surface area contributed by atoms with Gasteiger partial charge >= 0.3 is 5.97 Å². The molecule has 1 heterocycles. The smallest absolute Gasteiger partial charge is 0.374 e. The van der Waals surface area contributed by atoms with Crippen LogP contribution in [0, 0.1) is 0 Å². The molecule has 6 nitrogen and oxygen atoms in total. The van der Waals surface area contributed by atoms with Gasteiger partial charge in [0.2, 0.25) is 5.71 Å². The number of nitrogens with two attached hydrogens (primary N) is 1. The van der Waals surface area contributed by atoms with Crippen molar-refractivity contribution < 1.29 is 13.5 Å². The molecule has 14 heavy (non-hydrogen) atoms. The average molecular weight is 280 g/mol. The van der Waals surface area contributed by atoms with Crippen LogP contribution in [-0.2, 0) is 13.5 Å². The van der Waals surface area contributed by atoms with E-state index in [1.54, 1.807) is 5.38 Å². The highest BCUT2D eigenvalue weighted by Crippen LogP contribution is 2.13. The van der Waals surface area contributed by atoms with Gasteiger partial charge in [-0.1, -0.05) is 5.16 Å². The van der Waals surface area contributed by atoms with Crippen LogP contribution in [-0.4, -0.2) is 23.8 Å². The van der Waals surface area contributed by atoms with Gasteiger partial charge in [-0.2, -0.15) is 0 Å². The number of halogens is 1. The first kappa shape index (κ1) is 10.9. The SMILES string of the molecule is CON=C(C(=O)OBr)c1csc(N)n1. The molecular weight excluding hydrogens is 274 g/mol. The van der Waals surface area contributed by atoms with E-state index < -0.39 is 5.97 Å². The summed E-state index contributed by atoms with van der Waals surface area (Å²) in [5, 5.41) is 5.40. The van der Waals surface area contributed by atoms with Gasteiger partial charge in [0.15, 0.2) is 21.4 Å². The standard InChI is InChI=1S/C6H6BrN3O3S/c1-12-10-4(5(11)13-7)3-2-14-6(8)9-3/h2H,1H3,(H2,8,9). The third-order valence-electron chi connectivity index (χ3n) is 1.21. The fourth-order valence-electron chi connectivity index (χ4n) is 0.713. The number of carbonyl (C=O) groups is 1. The van der Waals surface area contributed by atoms with E-state index in [-0.39, 0.29) is 5.71 Å². The number of nitrogen functional groups attached to an aromatic ring is 1. The molecule has 8 heteroatoms. The Morgan fingerprint density at radius 3 is 2.93 bits per heavy atom. The summed E-state index contributed by atoms with van der Waals surface area (Å²) in [6, 6.07) is 0. The molecule has 2 N–H and O–H groups in total. The molecule has 1 rings (SSSR count). The Balaban J connectivity index is 3.00. The summed E-state index contributed by atoms with van der Waals surface area (Å²) in [5.41, 5.74) is 5.68. The topological polar surface area (TPSA) is 86.8 Å². The number of hydrogen-bond donors (Lipinski definition) is 1. The van der Waals surface area contributed by atoms with Crippen LogP contribution < -0.4 is 5.73 Å². The van der Waals surface area contributed by atoms with Crippen molar-refractivity contribution in [1.29, 1.82) is 0 Å². The summed E-state index contributed by atoms with van der Waals surface area (Å²) in [6.45, 7) is 0. The second kappa shape index (κ2) is 4.91. The molecule has 0 amide bonds. The van der Waals surface area contributed by atoms with Crippen LogP contribution in [0.25, 0.3) is 0 Å². The summed E-state index contributed by atoms with van der Waals surface area (Å²) in [5.74, 6) is -0.697. The van der Waals surface area contributed by atoms with Crippen molar-refractivity contribution in [2.45, 2.75) is 0 Å². The van der Waals surface area contributed by atoms with E-state index >= 15 is 0 Å². The molecule has 0 saturated heterocycles. The van der Waals surface area contributed by atoms with E-state index in [1.165, 1.54) is 18.4 Å². The van der Waals surface area contributed by atoms with Crippen molar-refractivity contribution in [2.75, 3.05) is 12.8 Å². The fourth-order valence-corrected chi connectivity index (χ4v) is 1.41. The van der Waals surface area contributed by atoms with Gasteiger partial charge in [0, 0.05) is 5.38 Å². The fraction of sp³-hybridized carbons (Fsp3) is 0.167. The van der Waals surface area contributed by atoms with Gasteiger partial charge in [-0.05, 0) is 0 Å². The Kier molecular flexibility index (Phi) is 3.84. The molecule has 0 bridgehead atoms. The van der Waals surface area contributed by atoms with Crippen LogP contribution in [0.2, 0.25) is 0 Å². The number of nitrogens with zero attached hydrogens (tertiary/aromatic N) is 2. The van der Waals surface area contributed by atoms with Crippen LogP contribution in [0.1, 0.15) is 5.69 Å². The molecule has 0 fully saturated rings. The largest absolute Gasteiger partial charge is 0.398 e. The van der Waals surface area contributed by atoms with Gasteiger partial charge in [0.05, 0.1) is 0 Å². The number of aromatic nitrogens is 1. The summed E-state index contributed by atoms with van der Waals surface area (Å²) < 4.78 is 4.32. The molecule has 0 aromatic carbocycles. The Bertz CT molecular complexity index is 365. The lowest BCUT2D eigenvalue weighted by molar-refractivity contribution is -0.125. The number of hydrogen-bond acceptors (Lipinski definition) is 7. The molecule has 0 aliphatic carbocycles. The molecule has 0 atom stereocenters. The molecule has 0 unspecified atom stereocenters. The van der Waals surface area contributed by atoms with Crippen LogP contribution in [0.5, 0.6) is 0 Å². The molecule has 1 aromatic heterocycles. The molecule has 0 radical (unpaired) electrons. The lowest BCUT2D eigenvalue weighted by atomic mass is 10.3. The minimum Gasteiger partial charge on any atom is -0.398 e. The highest BCUT2D eigenvalue weighted by molar-refractivity contribution is 9.06. The Morgan fingerprint density at radius 2 is 2.50 bits per heavy atom. The molecular formula is C6H6BrN3O3S. The van der Waals surface area contributed by atoms with Crippen LogP contribution in [0.4, 0.5) is 5.13 Å². The number of oxime groups is 1. The van der Waals surface area contributed by atoms with E-state index in [0.717, 1.165) is 0 Å². The van der Waals surface area contributed by atoms with Crippen molar-refractivity contribution in [3.05, 3.63) is 11.1 Å². The molecule has 76 valence electrons. The second-order valence-corrected chi connectivity index (χ2v) is 3.27. The third kappa shape index (κ3) is 2.42. The van der Waals surface area contributed by atoms with Crippen molar-refractivity contribution >= 4 is 44.4 Å². The van der Waals surface area contributed by atoms with Gasteiger partial charge < -0.3 is 14.4 Å². The first-order chi connectivity index (χ1) is 6.69. The maximum atomic E-state index is 11.2. The lowest BCUT2D eigenvalue weighted by Gasteiger charge is -1.97. The van der Waals surface area contributed by atoms with Crippen molar-refractivity contribution in [3.8, 4) is 0 Å². The normalized spacial score (nSPS) is 11.1. The highest BCUT2D eigenvalue weighted by atomic mass is 79.9. The van der Waals surface area contributed by atoms with Crippen LogP contribution in [0.3, 0.4) is 0 Å². The van der Waals surface area contributed by atoms with Crippen molar-refractivity contribution in [3.63, 3.8) is 0 Å². The summed E-state index contributed by atoms with van der Waals surface area (Å²) in [6.07, 6.45) is 0. The zero-order valence-corrected chi connectivity index (χ0v) is 9.46. The summed E-state index contributed by atoms with van der Waals surface area (Å²) in [7, 11) is 1.32. The van der Waals surface area contributed by atoms with Gasteiger partial charge in [0.25, 0.3) is 0 Å². The average Bonchev–Trinajstić information content (AvgIpc) is 2.60. The molecule has 0 saturated carbocycles. The van der Waals surface area contributed by atoms with E-state index in [1.807, 2.05) is 0 Å². The predicted molar refractivity (Wildman–Crippen MR) is 55.1 cm³/mol. The summed E-state index contributed by atoms with van der Waals surface area (Å²) in [4.78, 5) is 19.5. The molecule has 0 spiro atoms. The zero-order chi connectivity index (χ0) is 10.6. The Morgan fingerprint density at radius 1 is 1.79 bits per heavy atom. The quantitative estimate of drug-likeness (QED) is 0.657. The van der Waals surface area contributed by atoms with Crippen molar-refractivity contribution in [1.82, 2.24) is 4.98 Å². The van der Waals surface area contributed by atoms with Crippen molar-refractivity contribution in [2.24, 2.45) is 5.16 Å². The molecule has 0 aliphatic heterocycles. The predicted octanol–water partition coefficient (Wildman–Crippen LogP) is 0.929. The van der Waals surface area contributed by atoms with E-state index in [0.29, 0.717) is 10.8 Å². The van der Waals surface area contributed by atoms with Gasteiger partial charge in [-0.15, -0.1) is 11.3 Å². The third-order valence-corrected chi connectivity index (χ3v) is 2.18. The maximum Gasteiger partial charge on any atom is 0.374 e. The number of rotatable bonds is 3. The Hall–Kier alpha value is -1.15. The first-order valence-corrected chi connectivity index (χ1v) is 4.87. The van der Waals surface area contributed by atoms with E-state index in [9.17, 15) is 4.79 Å². The molecule has 0 aliphatic rings. The van der Waals surface area contributed by atoms with Gasteiger partial charge in [-0.3, -0.25) is 0 Å². The van der Waals surface area contributed by atoms with Gasteiger partial charge in [0.1, 0.15) is 12.8 Å². The summed E-state index contributed by atoms with van der Waals surface area (Å²) >= 11 is 3.74. The second-order valence-electron chi connectivity index (χ2n) is 2.06.